The number of anilines is 1. The highest BCUT2D eigenvalue weighted by atomic mass is 127. The van der Waals surface area contributed by atoms with E-state index in [0.717, 1.165) is 56.7 Å². The van der Waals surface area contributed by atoms with Crippen LogP contribution in [0.5, 0.6) is 11.5 Å². The van der Waals surface area contributed by atoms with E-state index in [-0.39, 0.29) is 5.41 Å². The maximum atomic E-state index is 6.02. The molecule has 32 heavy (non-hydrogen) atoms. The average Bonchev–Trinajstić information content (AvgIpc) is 3.44. The van der Waals surface area contributed by atoms with E-state index in [4.69, 9.17) is 14.0 Å². The Bertz CT molecular complexity index is 1150. The Kier molecular flexibility index (Phi) is 6.61. The quantitative estimate of drug-likeness (QED) is 0.188. The zero-order valence-corrected chi connectivity index (χ0v) is 23.1. The normalized spacial score (nSPS) is 15.2. The van der Waals surface area contributed by atoms with E-state index in [1.807, 2.05) is 18.2 Å². The lowest BCUT2D eigenvalue weighted by Gasteiger charge is -2.28. The van der Waals surface area contributed by atoms with Gasteiger partial charge in [-0.1, -0.05) is 42.2 Å². The number of nitrogens with zero attached hydrogens (tertiary/aromatic N) is 2. The molecule has 0 aliphatic heterocycles. The van der Waals surface area contributed by atoms with Gasteiger partial charge in [0.1, 0.15) is 11.5 Å². The van der Waals surface area contributed by atoms with Gasteiger partial charge in [-0.3, -0.25) is 4.31 Å². The highest BCUT2D eigenvalue weighted by Crippen LogP contribution is 2.61. The zero-order chi connectivity index (χ0) is 22.3. The molecule has 2 aliphatic carbocycles. The third-order valence-electron chi connectivity index (χ3n) is 6.10. The lowest BCUT2D eigenvalue weighted by molar-refractivity contribution is 0.405. The lowest BCUT2D eigenvalue weighted by atomic mass is 9.79. The van der Waals surface area contributed by atoms with Gasteiger partial charge in [0.05, 0.1) is 19.1 Å². The number of aromatic nitrogens is 1. The van der Waals surface area contributed by atoms with Crippen LogP contribution in [0.3, 0.4) is 0 Å². The number of rotatable bonds is 8. The van der Waals surface area contributed by atoms with E-state index in [0.29, 0.717) is 0 Å². The molecule has 1 aromatic heterocycles. The SMILES string of the molecule is COc1cc(Br)c2c(c1)-c1onc(N(CCSI)Sc3ccccc3OC)c1CC21CC1. The van der Waals surface area contributed by atoms with Crippen LogP contribution in [0.2, 0.25) is 0 Å². The monoisotopic (exact) mass is 644 g/mol. The van der Waals surface area contributed by atoms with Gasteiger partial charge in [-0.25, -0.2) is 0 Å². The highest BCUT2D eigenvalue weighted by molar-refractivity contribution is 14.2. The summed E-state index contributed by atoms with van der Waals surface area (Å²) in [5.74, 6) is 4.43. The predicted octanol–water partition coefficient (Wildman–Crippen LogP) is 7.31. The van der Waals surface area contributed by atoms with Crippen LogP contribution in [0.4, 0.5) is 5.82 Å². The van der Waals surface area contributed by atoms with Crippen LogP contribution in [0.1, 0.15) is 24.0 Å². The van der Waals surface area contributed by atoms with Crippen LogP contribution in [-0.4, -0.2) is 31.7 Å². The first kappa shape index (κ1) is 22.7. The van der Waals surface area contributed by atoms with Crippen molar-refractivity contribution in [2.24, 2.45) is 0 Å². The summed E-state index contributed by atoms with van der Waals surface area (Å²) in [5, 5.41) is 4.60. The molecule has 0 N–H and O–H groups in total. The van der Waals surface area contributed by atoms with Gasteiger partial charge < -0.3 is 14.0 Å². The van der Waals surface area contributed by atoms with E-state index in [1.165, 1.54) is 24.0 Å². The van der Waals surface area contributed by atoms with Gasteiger partial charge in [0, 0.05) is 33.3 Å². The molecule has 168 valence electrons. The number of halogens is 2. The molecule has 0 atom stereocenters. The first-order chi connectivity index (χ1) is 15.6. The second-order valence-electron chi connectivity index (χ2n) is 7.96. The minimum Gasteiger partial charge on any atom is -0.497 e. The molecule has 0 saturated heterocycles. The Labute approximate surface area is 216 Å². The third-order valence-corrected chi connectivity index (χ3v) is 9.49. The van der Waals surface area contributed by atoms with Crippen molar-refractivity contribution in [1.82, 2.24) is 5.16 Å². The number of para-hydroxylation sites is 1. The Hall–Kier alpha value is -1.04. The summed E-state index contributed by atoms with van der Waals surface area (Å²) in [6.45, 7) is 0.844. The fourth-order valence-corrected chi connectivity index (χ4v) is 7.26. The van der Waals surface area contributed by atoms with Crippen molar-refractivity contribution in [2.45, 2.75) is 29.6 Å². The van der Waals surface area contributed by atoms with Crippen molar-refractivity contribution in [1.29, 1.82) is 0 Å². The molecular weight excluding hydrogens is 623 g/mol. The third kappa shape index (κ3) is 4.03. The maximum absolute atomic E-state index is 6.02. The van der Waals surface area contributed by atoms with E-state index in [2.05, 4.69) is 64.8 Å². The molecule has 0 amide bonds. The van der Waals surface area contributed by atoms with Crippen molar-refractivity contribution in [3.8, 4) is 22.8 Å². The van der Waals surface area contributed by atoms with Gasteiger partial charge in [-0.2, -0.15) is 0 Å². The first-order valence-corrected chi connectivity index (χ1v) is 15.4. The Morgan fingerprint density at radius 2 is 2.03 bits per heavy atom. The zero-order valence-electron chi connectivity index (χ0n) is 17.7. The topological polar surface area (TPSA) is 47.7 Å². The van der Waals surface area contributed by atoms with Crippen molar-refractivity contribution in [3.63, 3.8) is 0 Å². The van der Waals surface area contributed by atoms with E-state index in [9.17, 15) is 0 Å². The van der Waals surface area contributed by atoms with Gasteiger partial charge in [0.15, 0.2) is 11.6 Å². The number of hydrogen-bond donors (Lipinski definition) is 0. The molecule has 9 heteroatoms. The predicted molar refractivity (Wildman–Crippen MR) is 143 cm³/mol. The van der Waals surface area contributed by atoms with Crippen molar-refractivity contribution in [2.75, 3.05) is 30.8 Å². The second-order valence-corrected chi connectivity index (χ2v) is 12.4. The average molecular weight is 645 g/mol. The molecule has 1 fully saturated rings. The summed E-state index contributed by atoms with van der Waals surface area (Å²) in [7, 11) is 5.20. The summed E-state index contributed by atoms with van der Waals surface area (Å²) in [4.78, 5) is 1.06. The van der Waals surface area contributed by atoms with Crippen LogP contribution >= 0.6 is 58.0 Å². The molecule has 1 heterocycles. The highest BCUT2D eigenvalue weighted by Gasteiger charge is 2.52. The summed E-state index contributed by atoms with van der Waals surface area (Å²) < 4.78 is 20.5. The summed E-state index contributed by atoms with van der Waals surface area (Å²) in [6, 6.07) is 12.2. The van der Waals surface area contributed by atoms with Crippen LogP contribution in [0, 0.1) is 0 Å². The van der Waals surface area contributed by atoms with Crippen LogP contribution < -0.4 is 13.8 Å². The van der Waals surface area contributed by atoms with Gasteiger partial charge in [-0.15, -0.1) is 0 Å². The maximum Gasteiger partial charge on any atom is 0.186 e. The Morgan fingerprint density at radius 1 is 1.22 bits per heavy atom. The summed E-state index contributed by atoms with van der Waals surface area (Å²) in [5.41, 5.74) is 3.78. The molecule has 2 aliphatic rings. The molecule has 0 radical (unpaired) electrons. The Morgan fingerprint density at radius 3 is 2.75 bits per heavy atom. The van der Waals surface area contributed by atoms with Crippen molar-refractivity contribution in [3.05, 3.63) is 52.0 Å². The number of ether oxygens (including phenoxy) is 2. The summed E-state index contributed by atoms with van der Waals surface area (Å²) in [6.07, 6.45) is 3.30. The molecule has 3 aromatic rings. The lowest BCUT2D eigenvalue weighted by Crippen LogP contribution is -2.23. The molecule has 2 aromatic carbocycles. The van der Waals surface area contributed by atoms with Gasteiger partial charge in [0.25, 0.3) is 0 Å². The molecule has 1 spiro atoms. The minimum absolute atomic E-state index is 0.159. The van der Waals surface area contributed by atoms with Crippen LogP contribution in [0.15, 0.2) is 50.3 Å². The standard InChI is InChI=1S/C23H22BrIN2O3S2/c1-28-14-11-15-20(17(24)12-14)23(7-8-23)13-16-21(15)30-26-22(16)27(9-10-31-25)32-19-6-4-3-5-18(19)29-2/h3-6,11-12H,7-10,13H2,1-2H3. The number of benzene rings is 2. The second kappa shape index (κ2) is 9.31. The fraction of sp³-hybridized carbons (Fsp3) is 0.348. The van der Waals surface area contributed by atoms with E-state index < -0.39 is 0 Å². The van der Waals surface area contributed by atoms with Crippen molar-refractivity contribution >= 4 is 63.8 Å². The number of hydrogen-bond acceptors (Lipinski definition) is 7. The van der Waals surface area contributed by atoms with Gasteiger partial charge in [0.2, 0.25) is 0 Å². The van der Waals surface area contributed by atoms with Crippen LogP contribution in [-0.2, 0) is 11.8 Å². The minimum atomic E-state index is 0.159. The first-order valence-electron chi connectivity index (χ1n) is 10.3. The van der Waals surface area contributed by atoms with Gasteiger partial charge >= 0.3 is 0 Å². The number of methoxy groups -OCH3 is 2. The molecule has 0 bridgehead atoms. The van der Waals surface area contributed by atoms with Gasteiger partial charge in [-0.05, 0) is 82.2 Å². The van der Waals surface area contributed by atoms with Crippen molar-refractivity contribution < 1.29 is 14.0 Å². The molecular formula is C23H22BrIN2O3S2. The largest absolute Gasteiger partial charge is 0.497 e. The molecule has 5 nitrogen and oxygen atoms in total. The fourth-order valence-electron chi connectivity index (χ4n) is 4.42. The smallest absolute Gasteiger partial charge is 0.186 e. The number of fused-ring (bicyclic) bond motifs is 4. The van der Waals surface area contributed by atoms with E-state index >= 15 is 0 Å². The molecule has 1 saturated carbocycles. The molecule has 5 rings (SSSR count). The molecule has 0 unspecified atom stereocenters. The van der Waals surface area contributed by atoms with Crippen LogP contribution in [0.25, 0.3) is 11.3 Å². The summed E-state index contributed by atoms with van der Waals surface area (Å²) >= 11 is 7.80. The Balaban J connectivity index is 1.59. The van der Waals surface area contributed by atoms with E-state index in [1.54, 1.807) is 35.1 Å².